The van der Waals surface area contributed by atoms with Crippen molar-refractivity contribution in [1.29, 1.82) is 0 Å². The van der Waals surface area contributed by atoms with Crippen molar-refractivity contribution in [3.05, 3.63) is 125 Å². The topological polar surface area (TPSA) is 96.0 Å². The van der Waals surface area contributed by atoms with Gasteiger partial charge in [-0.3, -0.25) is 13.9 Å². The van der Waals surface area contributed by atoms with Crippen LogP contribution in [0.15, 0.2) is 108 Å². The predicted octanol–water partition coefficient (Wildman–Crippen LogP) is 6.24. The van der Waals surface area contributed by atoms with Crippen molar-refractivity contribution < 1.29 is 27.1 Å². The molecule has 0 radical (unpaired) electrons. The van der Waals surface area contributed by atoms with Gasteiger partial charge in [-0.15, -0.1) is 0 Å². The Kier molecular flexibility index (Phi) is 12.2. The lowest BCUT2D eigenvalue weighted by molar-refractivity contribution is -0.140. The molecule has 0 heterocycles. The summed E-state index contributed by atoms with van der Waals surface area (Å²) < 4.78 is 48.2. The highest BCUT2D eigenvalue weighted by molar-refractivity contribution is 7.92. The molecule has 4 aromatic rings. The van der Waals surface area contributed by atoms with Crippen LogP contribution in [-0.4, -0.2) is 51.4 Å². The number of halogens is 2. The Morgan fingerprint density at radius 1 is 0.891 bits per heavy atom. The molecule has 0 aliphatic rings. The minimum Gasteiger partial charge on any atom is -0.497 e. The second kappa shape index (κ2) is 16.2. The molecule has 0 aliphatic heterocycles. The molecular formula is C35H37ClFN3O5S. The van der Waals surface area contributed by atoms with Crippen LogP contribution in [0.3, 0.4) is 0 Å². The second-order valence-electron chi connectivity index (χ2n) is 10.7. The molecule has 0 bridgehead atoms. The van der Waals surface area contributed by atoms with Crippen LogP contribution in [0, 0.1) is 5.82 Å². The number of methoxy groups -OCH3 is 1. The average Bonchev–Trinajstić information content (AvgIpc) is 3.07. The molecule has 4 aromatic carbocycles. The van der Waals surface area contributed by atoms with Crippen LogP contribution >= 0.6 is 11.6 Å². The molecule has 0 aromatic heterocycles. The summed E-state index contributed by atoms with van der Waals surface area (Å²) in [5.41, 5.74) is 1.60. The first kappa shape index (κ1) is 34.5. The molecule has 1 unspecified atom stereocenters. The van der Waals surface area contributed by atoms with Gasteiger partial charge in [0.15, 0.2) is 0 Å². The van der Waals surface area contributed by atoms with Crippen molar-refractivity contribution in [2.75, 3.05) is 24.5 Å². The lowest BCUT2D eigenvalue weighted by Crippen LogP contribution is -2.53. The third kappa shape index (κ3) is 9.08. The molecule has 8 nitrogen and oxygen atoms in total. The summed E-state index contributed by atoms with van der Waals surface area (Å²) in [5.74, 6) is -0.970. The van der Waals surface area contributed by atoms with Crippen LogP contribution in [0.2, 0.25) is 5.02 Å². The van der Waals surface area contributed by atoms with Gasteiger partial charge in [0.1, 0.15) is 24.2 Å². The monoisotopic (exact) mass is 665 g/mol. The van der Waals surface area contributed by atoms with Crippen LogP contribution < -0.4 is 14.4 Å². The minimum absolute atomic E-state index is 0.0562. The number of nitrogens with one attached hydrogen (secondary N) is 1. The second-order valence-corrected chi connectivity index (χ2v) is 13.0. The van der Waals surface area contributed by atoms with Gasteiger partial charge in [0.05, 0.1) is 17.7 Å². The van der Waals surface area contributed by atoms with Gasteiger partial charge >= 0.3 is 0 Å². The van der Waals surface area contributed by atoms with Gasteiger partial charge in [-0.25, -0.2) is 12.8 Å². The summed E-state index contributed by atoms with van der Waals surface area (Å²) in [5, 5.41) is 3.33. The third-order valence-corrected chi connectivity index (χ3v) is 9.45. The molecule has 0 fully saturated rings. The maximum Gasteiger partial charge on any atom is 0.264 e. The highest BCUT2D eigenvalue weighted by atomic mass is 35.5. The van der Waals surface area contributed by atoms with Crippen LogP contribution in [0.25, 0.3) is 0 Å². The zero-order valence-electron chi connectivity index (χ0n) is 25.7. The van der Waals surface area contributed by atoms with Gasteiger partial charge in [0, 0.05) is 24.5 Å². The summed E-state index contributed by atoms with van der Waals surface area (Å²) in [6, 6.07) is 25.8. The average molecular weight is 666 g/mol. The molecule has 4 rings (SSSR count). The number of amides is 2. The van der Waals surface area contributed by atoms with Crippen molar-refractivity contribution in [1.82, 2.24) is 10.2 Å². The number of carbonyl (C=O) groups is 2. The largest absolute Gasteiger partial charge is 0.497 e. The van der Waals surface area contributed by atoms with Gasteiger partial charge in [-0.2, -0.15) is 0 Å². The van der Waals surface area contributed by atoms with E-state index in [1.54, 1.807) is 0 Å². The van der Waals surface area contributed by atoms with Crippen LogP contribution in [0.4, 0.5) is 10.1 Å². The first-order chi connectivity index (χ1) is 22.1. The van der Waals surface area contributed by atoms with Gasteiger partial charge in [-0.1, -0.05) is 67.4 Å². The predicted molar refractivity (Wildman–Crippen MR) is 178 cm³/mol. The lowest BCUT2D eigenvalue weighted by atomic mass is 10.0. The summed E-state index contributed by atoms with van der Waals surface area (Å²) in [6.45, 7) is 1.74. The van der Waals surface area contributed by atoms with Gasteiger partial charge < -0.3 is 15.0 Å². The highest BCUT2D eigenvalue weighted by Gasteiger charge is 2.34. The third-order valence-electron chi connectivity index (χ3n) is 7.41. The van der Waals surface area contributed by atoms with Crippen molar-refractivity contribution in [3.63, 3.8) is 0 Å². The van der Waals surface area contributed by atoms with E-state index >= 15 is 0 Å². The fourth-order valence-electron chi connectivity index (χ4n) is 4.86. The molecular weight excluding hydrogens is 629 g/mol. The van der Waals surface area contributed by atoms with E-state index in [9.17, 15) is 22.4 Å². The number of nitrogens with zero attached hydrogens (tertiary/aromatic N) is 2. The fourth-order valence-corrected chi connectivity index (χ4v) is 6.40. The Labute approximate surface area is 274 Å². The van der Waals surface area contributed by atoms with Crippen LogP contribution in [-0.2, 0) is 32.6 Å². The van der Waals surface area contributed by atoms with E-state index in [0.717, 1.165) is 22.7 Å². The molecule has 0 saturated carbocycles. The van der Waals surface area contributed by atoms with Crippen molar-refractivity contribution in [3.8, 4) is 5.75 Å². The standard InChI is InChI=1S/C35H37ClFN3O5S/c1-3-4-22-38-35(42)33(23-26-8-6-5-7-9-26)39(24-27-10-14-29(37)15-11-27)34(41)25-40(30-16-12-28(36)13-17-30)46(43,44)32-20-18-31(45-2)19-21-32/h5-21,33H,3-4,22-25H2,1-2H3,(H,38,42). The molecule has 1 N–H and O–H groups in total. The number of hydrogen-bond donors (Lipinski definition) is 1. The Morgan fingerprint density at radius 3 is 2.15 bits per heavy atom. The zero-order valence-corrected chi connectivity index (χ0v) is 27.3. The maximum absolute atomic E-state index is 14.4. The van der Waals surface area contributed by atoms with Gasteiger partial charge in [0.2, 0.25) is 11.8 Å². The number of unbranched alkanes of at least 4 members (excludes halogenated alkanes) is 1. The van der Waals surface area contributed by atoms with E-state index in [0.29, 0.717) is 22.9 Å². The SMILES string of the molecule is CCCCNC(=O)C(Cc1ccccc1)N(Cc1ccc(F)cc1)C(=O)CN(c1ccc(Cl)cc1)S(=O)(=O)c1ccc(OC)cc1. The Hall–Kier alpha value is -4.41. The van der Waals surface area contributed by atoms with E-state index in [-0.39, 0.29) is 29.5 Å². The molecule has 2 amide bonds. The number of hydrogen-bond acceptors (Lipinski definition) is 5. The van der Waals surface area contributed by atoms with Crippen molar-refractivity contribution in [2.24, 2.45) is 0 Å². The van der Waals surface area contributed by atoms with Crippen LogP contribution in [0.1, 0.15) is 30.9 Å². The zero-order chi connectivity index (χ0) is 33.1. The van der Waals surface area contributed by atoms with Crippen LogP contribution in [0.5, 0.6) is 5.75 Å². The number of benzene rings is 4. The summed E-state index contributed by atoms with van der Waals surface area (Å²) in [7, 11) is -2.81. The van der Waals surface area contributed by atoms with E-state index in [1.807, 2.05) is 37.3 Å². The van der Waals surface area contributed by atoms with Crippen molar-refractivity contribution in [2.45, 2.75) is 43.7 Å². The highest BCUT2D eigenvalue weighted by Crippen LogP contribution is 2.27. The van der Waals surface area contributed by atoms with Gasteiger partial charge in [0.25, 0.3) is 10.0 Å². The number of rotatable bonds is 15. The van der Waals surface area contributed by atoms with E-state index in [2.05, 4.69) is 5.32 Å². The Morgan fingerprint density at radius 2 is 1.54 bits per heavy atom. The van der Waals surface area contributed by atoms with E-state index < -0.39 is 34.3 Å². The molecule has 242 valence electrons. The smallest absolute Gasteiger partial charge is 0.264 e. The first-order valence-electron chi connectivity index (χ1n) is 14.9. The summed E-state index contributed by atoms with van der Waals surface area (Å²) in [4.78, 5) is 29.5. The lowest BCUT2D eigenvalue weighted by Gasteiger charge is -2.34. The maximum atomic E-state index is 14.4. The molecule has 0 saturated heterocycles. The molecule has 0 aliphatic carbocycles. The first-order valence-corrected chi connectivity index (χ1v) is 16.7. The molecule has 11 heteroatoms. The Balaban J connectivity index is 1.78. The number of carbonyl (C=O) groups excluding carboxylic acids is 2. The number of sulfonamides is 1. The Bertz CT molecular complexity index is 1690. The molecule has 1 atom stereocenters. The number of ether oxygens (including phenoxy) is 1. The molecule has 46 heavy (non-hydrogen) atoms. The quantitative estimate of drug-likeness (QED) is 0.152. The van der Waals surface area contributed by atoms with E-state index in [4.69, 9.17) is 16.3 Å². The normalized spacial score (nSPS) is 11.8. The summed E-state index contributed by atoms with van der Waals surface area (Å²) in [6.07, 6.45) is 1.79. The number of anilines is 1. The minimum atomic E-state index is -4.28. The van der Waals surface area contributed by atoms with Gasteiger partial charge in [-0.05, 0) is 78.2 Å². The summed E-state index contributed by atoms with van der Waals surface area (Å²) >= 11 is 6.12. The fraction of sp³-hybridized carbons (Fsp3) is 0.257. The van der Waals surface area contributed by atoms with Crippen molar-refractivity contribution >= 4 is 39.1 Å². The molecule has 0 spiro atoms. The van der Waals surface area contributed by atoms with E-state index in [1.165, 1.54) is 84.8 Å².